The molecule has 0 aliphatic rings. The standard InChI is InChI=1S/C16H12Cl2O3/c17-13-4-7-15(18)12(9-13)10-21-14-5-1-11(2-6-14)3-8-16(19)20/h1-9H,10H2,(H,19,20). The van der Waals surface area contributed by atoms with Crippen LogP contribution in [0.4, 0.5) is 0 Å². The number of aliphatic carboxylic acids is 1. The van der Waals surface area contributed by atoms with Gasteiger partial charge in [-0.2, -0.15) is 0 Å². The molecule has 0 spiro atoms. The molecule has 0 aliphatic heterocycles. The van der Waals surface area contributed by atoms with E-state index in [4.69, 9.17) is 33.0 Å². The summed E-state index contributed by atoms with van der Waals surface area (Å²) in [5.74, 6) is -0.315. The van der Waals surface area contributed by atoms with Crippen LogP contribution in [0.2, 0.25) is 10.0 Å². The van der Waals surface area contributed by atoms with Crippen molar-refractivity contribution < 1.29 is 14.6 Å². The fourth-order valence-electron chi connectivity index (χ4n) is 1.66. The average molecular weight is 323 g/mol. The van der Waals surface area contributed by atoms with Crippen molar-refractivity contribution >= 4 is 35.2 Å². The minimum absolute atomic E-state index is 0.309. The van der Waals surface area contributed by atoms with Crippen LogP contribution in [0.1, 0.15) is 11.1 Å². The Bertz CT molecular complexity index is 664. The molecule has 5 heteroatoms. The summed E-state index contributed by atoms with van der Waals surface area (Å²) < 4.78 is 5.62. The first-order valence-corrected chi connectivity index (χ1v) is 6.88. The molecule has 2 rings (SSSR count). The first-order chi connectivity index (χ1) is 10.0. The molecular weight excluding hydrogens is 311 g/mol. The van der Waals surface area contributed by atoms with E-state index in [0.717, 1.165) is 17.2 Å². The van der Waals surface area contributed by atoms with Crippen LogP contribution in [0.3, 0.4) is 0 Å². The molecule has 0 saturated heterocycles. The Morgan fingerprint density at radius 1 is 1.14 bits per heavy atom. The van der Waals surface area contributed by atoms with Crippen molar-refractivity contribution in [1.29, 1.82) is 0 Å². The SMILES string of the molecule is O=C(O)C=Cc1ccc(OCc2cc(Cl)ccc2Cl)cc1. The topological polar surface area (TPSA) is 46.5 Å². The van der Waals surface area contributed by atoms with Crippen LogP contribution in [-0.2, 0) is 11.4 Å². The van der Waals surface area contributed by atoms with E-state index < -0.39 is 5.97 Å². The number of carbonyl (C=O) groups is 1. The second-order valence-corrected chi connectivity index (χ2v) is 5.11. The molecule has 3 nitrogen and oxygen atoms in total. The summed E-state index contributed by atoms with van der Waals surface area (Å²) in [6.45, 7) is 0.309. The van der Waals surface area contributed by atoms with Gasteiger partial charge in [-0.1, -0.05) is 35.3 Å². The maximum Gasteiger partial charge on any atom is 0.328 e. The fourth-order valence-corrected chi connectivity index (χ4v) is 2.02. The van der Waals surface area contributed by atoms with Gasteiger partial charge < -0.3 is 9.84 Å². The Balaban J connectivity index is 2.00. The Labute approximate surface area is 132 Å². The molecule has 0 atom stereocenters. The van der Waals surface area contributed by atoms with Gasteiger partial charge in [-0.05, 0) is 42.0 Å². The molecule has 0 bridgehead atoms. The molecular formula is C16H12Cl2O3. The van der Waals surface area contributed by atoms with E-state index in [1.54, 1.807) is 42.5 Å². The van der Waals surface area contributed by atoms with Gasteiger partial charge in [-0.3, -0.25) is 0 Å². The van der Waals surface area contributed by atoms with E-state index in [9.17, 15) is 4.79 Å². The zero-order chi connectivity index (χ0) is 15.2. The summed E-state index contributed by atoms with van der Waals surface area (Å²) in [7, 11) is 0. The Hall–Kier alpha value is -1.97. The van der Waals surface area contributed by atoms with E-state index in [1.165, 1.54) is 6.08 Å². The lowest BCUT2D eigenvalue weighted by Crippen LogP contribution is -1.96. The maximum atomic E-state index is 10.4. The smallest absolute Gasteiger partial charge is 0.328 e. The number of rotatable bonds is 5. The number of hydrogen-bond donors (Lipinski definition) is 1. The third-order valence-electron chi connectivity index (χ3n) is 2.70. The van der Waals surface area contributed by atoms with Gasteiger partial charge in [0.2, 0.25) is 0 Å². The van der Waals surface area contributed by atoms with Crippen molar-refractivity contribution in [2.45, 2.75) is 6.61 Å². The minimum atomic E-state index is -0.981. The van der Waals surface area contributed by atoms with Crippen molar-refractivity contribution in [3.63, 3.8) is 0 Å². The normalized spacial score (nSPS) is 10.8. The molecule has 0 fully saturated rings. The number of benzene rings is 2. The fraction of sp³-hybridized carbons (Fsp3) is 0.0625. The van der Waals surface area contributed by atoms with Gasteiger partial charge in [0, 0.05) is 21.7 Å². The van der Waals surface area contributed by atoms with Gasteiger partial charge in [0.05, 0.1) is 0 Å². The molecule has 108 valence electrons. The van der Waals surface area contributed by atoms with Crippen molar-refractivity contribution in [3.8, 4) is 5.75 Å². The van der Waals surface area contributed by atoms with Crippen molar-refractivity contribution in [2.24, 2.45) is 0 Å². The summed E-state index contributed by atoms with van der Waals surface area (Å²) in [5, 5.41) is 9.75. The predicted molar refractivity (Wildman–Crippen MR) is 83.9 cm³/mol. The number of ether oxygens (including phenoxy) is 1. The molecule has 0 amide bonds. The summed E-state index contributed by atoms with van der Waals surface area (Å²) in [6.07, 6.45) is 2.60. The van der Waals surface area contributed by atoms with Gasteiger partial charge in [-0.25, -0.2) is 4.79 Å². The molecule has 0 radical (unpaired) electrons. The van der Waals surface area contributed by atoms with Crippen molar-refractivity contribution in [3.05, 3.63) is 69.7 Å². The van der Waals surface area contributed by atoms with Crippen molar-refractivity contribution in [1.82, 2.24) is 0 Å². The quantitative estimate of drug-likeness (QED) is 0.813. The second kappa shape index (κ2) is 7.16. The summed E-state index contributed by atoms with van der Waals surface area (Å²) in [5.41, 5.74) is 1.59. The number of halogens is 2. The van der Waals surface area contributed by atoms with Gasteiger partial charge in [0.1, 0.15) is 12.4 Å². The summed E-state index contributed by atoms with van der Waals surface area (Å²) in [4.78, 5) is 10.4. The molecule has 2 aromatic carbocycles. The van der Waals surface area contributed by atoms with Crippen LogP contribution in [0.25, 0.3) is 6.08 Å². The maximum absolute atomic E-state index is 10.4. The van der Waals surface area contributed by atoms with Crippen LogP contribution in [0, 0.1) is 0 Å². The highest BCUT2D eigenvalue weighted by molar-refractivity contribution is 6.33. The zero-order valence-corrected chi connectivity index (χ0v) is 12.4. The Morgan fingerprint density at radius 3 is 2.52 bits per heavy atom. The molecule has 0 heterocycles. The number of hydrogen-bond acceptors (Lipinski definition) is 2. The summed E-state index contributed by atoms with van der Waals surface area (Å²) >= 11 is 12.0. The highest BCUT2D eigenvalue weighted by Gasteiger charge is 2.03. The van der Waals surface area contributed by atoms with Gasteiger partial charge in [0.25, 0.3) is 0 Å². The van der Waals surface area contributed by atoms with Crippen LogP contribution in [-0.4, -0.2) is 11.1 Å². The molecule has 21 heavy (non-hydrogen) atoms. The van der Waals surface area contributed by atoms with E-state index in [0.29, 0.717) is 22.4 Å². The third-order valence-corrected chi connectivity index (χ3v) is 3.30. The highest BCUT2D eigenvalue weighted by atomic mass is 35.5. The van der Waals surface area contributed by atoms with Gasteiger partial charge in [0.15, 0.2) is 0 Å². The van der Waals surface area contributed by atoms with Crippen LogP contribution < -0.4 is 4.74 Å². The lowest BCUT2D eigenvalue weighted by molar-refractivity contribution is -0.131. The summed E-state index contributed by atoms with van der Waals surface area (Å²) in [6, 6.07) is 12.3. The lowest BCUT2D eigenvalue weighted by Gasteiger charge is -2.08. The van der Waals surface area contributed by atoms with Gasteiger partial charge in [-0.15, -0.1) is 0 Å². The minimum Gasteiger partial charge on any atom is -0.489 e. The van der Waals surface area contributed by atoms with Crippen LogP contribution in [0.15, 0.2) is 48.5 Å². The Morgan fingerprint density at radius 2 is 1.86 bits per heavy atom. The van der Waals surface area contributed by atoms with Gasteiger partial charge >= 0.3 is 5.97 Å². The molecule has 0 aromatic heterocycles. The van der Waals surface area contributed by atoms with E-state index >= 15 is 0 Å². The van der Waals surface area contributed by atoms with E-state index in [2.05, 4.69) is 0 Å². The lowest BCUT2D eigenvalue weighted by atomic mass is 10.2. The monoisotopic (exact) mass is 322 g/mol. The van der Waals surface area contributed by atoms with E-state index in [1.807, 2.05) is 0 Å². The zero-order valence-electron chi connectivity index (χ0n) is 10.9. The largest absolute Gasteiger partial charge is 0.489 e. The molecule has 0 unspecified atom stereocenters. The third kappa shape index (κ3) is 4.81. The van der Waals surface area contributed by atoms with Crippen LogP contribution >= 0.6 is 23.2 Å². The van der Waals surface area contributed by atoms with Crippen molar-refractivity contribution in [2.75, 3.05) is 0 Å². The Kier molecular flexibility index (Phi) is 5.26. The molecule has 2 aromatic rings. The molecule has 0 aliphatic carbocycles. The number of carboxylic acids is 1. The first kappa shape index (κ1) is 15.4. The molecule has 1 N–H and O–H groups in total. The average Bonchev–Trinajstić information content (AvgIpc) is 2.47. The second-order valence-electron chi connectivity index (χ2n) is 4.27. The highest BCUT2D eigenvalue weighted by Crippen LogP contribution is 2.22. The predicted octanol–water partition coefficient (Wildman–Crippen LogP) is 4.67. The van der Waals surface area contributed by atoms with E-state index in [-0.39, 0.29) is 0 Å². The first-order valence-electron chi connectivity index (χ1n) is 6.12. The van der Waals surface area contributed by atoms with Crippen LogP contribution in [0.5, 0.6) is 5.75 Å². The number of carboxylic acid groups (broad SMARTS) is 1. The molecule has 0 saturated carbocycles.